The average molecular weight is 531 g/mol. The normalized spacial score (nSPS) is 17.1. The number of carbonyl (C=O) groups excluding carboxylic acids is 2. The Morgan fingerprint density at radius 2 is 1.90 bits per heavy atom. The second-order valence-corrected chi connectivity index (χ2v) is 11.4. The second kappa shape index (κ2) is 10.9. The Labute approximate surface area is 230 Å². The lowest BCUT2D eigenvalue weighted by Crippen LogP contribution is -2.52. The number of ether oxygens (including phenoxy) is 1. The van der Waals surface area contributed by atoms with Crippen molar-refractivity contribution < 1.29 is 18.8 Å². The third kappa shape index (κ3) is 5.91. The summed E-state index contributed by atoms with van der Waals surface area (Å²) in [7, 11) is 0. The Morgan fingerprint density at radius 1 is 1.13 bits per heavy atom. The van der Waals surface area contributed by atoms with E-state index in [1.165, 1.54) is 12.8 Å². The summed E-state index contributed by atoms with van der Waals surface area (Å²) in [5, 5.41) is 6.63. The summed E-state index contributed by atoms with van der Waals surface area (Å²) in [5.74, 6) is 1.13. The molecule has 1 saturated heterocycles. The zero-order valence-electron chi connectivity index (χ0n) is 23.4. The minimum Gasteiger partial charge on any atom is -0.486 e. The summed E-state index contributed by atoms with van der Waals surface area (Å²) in [4.78, 5) is 32.8. The summed E-state index contributed by atoms with van der Waals surface area (Å²) in [5.41, 5.74) is 3.25. The molecule has 8 heteroatoms. The van der Waals surface area contributed by atoms with Crippen LogP contribution >= 0.6 is 0 Å². The van der Waals surface area contributed by atoms with Gasteiger partial charge in [0.05, 0.1) is 35.5 Å². The summed E-state index contributed by atoms with van der Waals surface area (Å²) >= 11 is 0. The van der Waals surface area contributed by atoms with Crippen LogP contribution in [0.3, 0.4) is 0 Å². The van der Waals surface area contributed by atoms with Gasteiger partial charge in [0.15, 0.2) is 11.5 Å². The molecule has 1 aromatic carbocycles. The number of pyridine rings is 1. The van der Waals surface area contributed by atoms with Gasteiger partial charge in [-0.05, 0) is 55.5 Å². The van der Waals surface area contributed by atoms with E-state index in [9.17, 15) is 9.59 Å². The Kier molecular flexibility index (Phi) is 7.58. The first kappa shape index (κ1) is 27.1. The summed E-state index contributed by atoms with van der Waals surface area (Å²) < 4.78 is 11.7. The largest absolute Gasteiger partial charge is 0.486 e. The molecule has 39 heavy (non-hydrogen) atoms. The number of likely N-dealkylation sites (tertiary alicyclic amines) is 1. The maximum absolute atomic E-state index is 13.3. The number of fused-ring (bicyclic) bond motifs is 1. The highest BCUT2D eigenvalue weighted by atomic mass is 16.5. The van der Waals surface area contributed by atoms with Gasteiger partial charge < -0.3 is 19.5 Å². The number of Topliss-reactive ketones (excluding diaryl/α,β-unsaturated/α-hetero) is 1. The molecule has 0 aliphatic carbocycles. The number of carbonyl (C=O) groups is 2. The molecule has 3 aromatic rings. The predicted molar refractivity (Wildman–Crippen MR) is 149 cm³/mol. The number of nitrogens with one attached hydrogen (secondary N) is 1. The number of hydrogen-bond acceptors (Lipinski definition) is 7. The highest BCUT2D eigenvalue weighted by Crippen LogP contribution is 2.41. The maximum Gasteiger partial charge on any atom is 0.253 e. The van der Waals surface area contributed by atoms with E-state index in [0.717, 1.165) is 43.7 Å². The van der Waals surface area contributed by atoms with Crippen molar-refractivity contribution in [1.29, 1.82) is 0 Å². The average Bonchev–Trinajstić information content (AvgIpc) is 3.38. The van der Waals surface area contributed by atoms with Crippen LogP contribution in [0, 0.1) is 12.3 Å². The number of benzene rings is 1. The molecule has 0 bridgehead atoms. The Balaban J connectivity index is 1.22. The monoisotopic (exact) mass is 530 g/mol. The summed E-state index contributed by atoms with van der Waals surface area (Å²) in [6, 6.07) is 11.0. The van der Waals surface area contributed by atoms with Crippen molar-refractivity contribution in [2.24, 2.45) is 5.41 Å². The van der Waals surface area contributed by atoms with Crippen LogP contribution in [0.2, 0.25) is 0 Å². The Hall–Kier alpha value is -3.52. The van der Waals surface area contributed by atoms with Crippen LogP contribution in [0.5, 0.6) is 5.75 Å². The van der Waals surface area contributed by atoms with Crippen LogP contribution in [0.15, 0.2) is 47.1 Å². The van der Waals surface area contributed by atoms with E-state index < -0.39 is 5.60 Å². The molecule has 0 atom stereocenters. The molecule has 0 radical (unpaired) electrons. The molecule has 5 rings (SSSR count). The van der Waals surface area contributed by atoms with Crippen LogP contribution in [-0.2, 0) is 6.54 Å². The maximum atomic E-state index is 13.3. The first-order valence-electron chi connectivity index (χ1n) is 14.0. The highest BCUT2D eigenvalue weighted by molar-refractivity contribution is 6.01. The molecule has 8 nitrogen and oxygen atoms in total. The number of rotatable bonds is 8. The van der Waals surface area contributed by atoms with E-state index in [2.05, 4.69) is 41.1 Å². The number of ketones is 1. The topological polar surface area (TPSA) is 97.6 Å². The van der Waals surface area contributed by atoms with Crippen LogP contribution < -0.4 is 10.1 Å². The standard InChI is InChI=1S/C31H38N4O4/c1-5-30(4,6-2)20-35-13-11-31(12-14-35)17-27(36)25-16-22(8-10-28(25)38-31)26-9-7-23(18-32-26)29(37)33-19-24-15-21(3)34-39-24/h7-10,15-16,18H,5-6,11-14,17,19-20H2,1-4H3,(H,33,37). The van der Waals surface area contributed by atoms with Crippen molar-refractivity contribution in [3.63, 3.8) is 0 Å². The van der Waals surface area contributed by atoms with E-state index in [4.69, 9.17) is 9.26 Å². The van der Waals surface area contributed by atoms with E-state index in [1.807, 2.05) is 25.1 Å². The highest BCUT2D eigenvalue weighted by Gasteiger charge is 2.43. The third-order valence-electron chi connectivity index (χ3n) is 8.59. The minimum atomic E-state index is -0.408. The molecule has 2 aliphatic rings. The van der Waals surface area contributed by atoms with Gasteiger partial charge in [0.25, 0.3) is 5.91 Å². The van der Waals surface area contributed by atoms with Gasteiger partial charge in [-0.1, -0.05) is 25.9 Å². The SMILES string of the molecule is CCC(C)(CC)CN1CCC2(CC1)CC(=O)c1cc(-c3ccc(C(=O)NCc4cc(C)no4)cn3)ccc1O2. The van der Waals surface area contributed by atoms with Gasteiger partial charge in [-0.15, -0.1) is 0 Å². The van der Waals surface area contributed by atoms with Crippen LogP contribution in [0.1, 0.15) is 85.0 Å². The van der Waals surface area contributed by atoms with E-state index >= 15 is 0 Å². The lowest BCUT2D eigenvalue weighted by molar-refractivity contribution is -0.0176. The van der Waals surface area contributed by atoms with Crippen molar-refractivity contribution in [1.82, 2.24) is 20.4 Å². The van der Waals surface area contributed by atoms with Gasteiger partial charge in [0.1, 0.15) is 11.4 Å². The van der Waals surface area contributed by atoms with E-state index in [0.29, 0.717) is 40.2 Å². The fourth-order valence-electron chi connectivity index (χ4n) is 5.53. The van der Waals surface area contributed by atoms with Gasteiger partial charge in [0.2, 0.25) is 0 Å². The fourth-order valence-corrected chi connectivity index (χ4v) is 5.53. The molecule has 0 unspecified atom stereocenters. The quantitative estimate of drug-likeness (QED) is 0.405. The molecule has 2 aromatic heterocycles. The van der Waals surface area contributed by atoms with Crippen molar-refractivity contribution in [3.8, 4) is 17.0 Å². The number of hydrogen-bond donors (Lipinski definition) is 1. The molecular weight excluding hydrogens is 492 g/mol. The molecule has 1 N–H and O–H groups in total. The molecule has 1 fully saturated rings. The second-order valence-electron chi connectivity index (χ2n) is 11.4. The Bertz CT molecular complexity index is 1330. The van der Waals surface area contributed by atoms with Gasteiger partial charge >= 0.3 is 0 Å². The van der Waals surface area contributed by atoms with Crippen LogP contribution in [0.25, 0.3) is 11.3 Å². The van der Waals surface area contributed by atoms with Gasteiger partial charge in [-0.3, -0.25) is 14.6 Å². The first-order chi connectivity index (χ1) is 18.7. The molecule has 2 aliphatic heterocycles. The molecule has 1 amide bonds. The number of nitrogens with zero attached hydrogens (tertiary/aromatic N) is 3. The third-order valence-corrected chi connectivity index (χ3v) is 8.59. The van der Waals surface area contributed by atoms with Gasteiger partial charge in [-0.2, -0.15) is 0 Å². The minimum absolute atomic E-state index is 0.122. The van der Waals surface area contributed by atoms with E-state index in [1.54, 1.807) is 24.4 Å². The van der Waals surface area contributed by atoms with Crippen molar-refractivity contribution >= 4 is 11.7 Å². The zero-order chi connectivity index (χ0) is 27.6. The lowest BCUT2D eigenvalue weighted by atomic mass is 9.80. The number of amides is 1. The molecule has 0 saturated carbocycles. The number of aryl methyl sites for hydroxylation is 1. The molecule has 4 heterocycles. The molecule has 206 valence electrons. The Morgan fingerprint density at radius 3 is 2.54 bits per heavy atom. The van der Waals surface area contributed by atoms with Gasteiger partial charge in [-0.25, -0.2) is 0 Å². The fraction of sp³-hybridized carbons (Fsp3) is 0.484. The molecule has 1 spiro atoms. The summed E-state index contributed by atoms with van der Waals surface area (Å²) in [6.45, 7) is 12.0. The zero-order valence-corrected chi connectivity index (χ0v) is 23.4. The van der Waals surface area contributed by atoms with Crippen molar-refractivity contribution in [2.75, 3.05) is 19.6 Å². The van der Waals surface area contributed by atoms with Crippen LogP contribution in [0.4, 0.5) is 0 Å². The number of aromatic nitrogens is 2. The lowest BCUT2D eigenvalue weighted by Gasteiger charge is -2.45. The van der Waals surface area contributed by atoms with E-state index in [-0.39, 0.29) is 18.2 Å². The first-order valence-corrected chi connectivity index (χ1v) is 14.0. The summed E-state index contributed by atoms with van der Waals surface area (Å²) in [6.07, 6.45) is 6.02. The number of piperidine rings is 1. The van der Waals surface area contributed by atoms with Gasteiger partial charge in [0, 0.05) is 50.3 Å². The van der Waals surface area contributed by atoms with Crippen molar-refractivity contribution in [2.45, 2.75) is 71.9 Å². The molecular formula is C31H38N4O4. The smallest absolute Gasteiger partial charge is 0.253 e. The van der Waals surface area contributed by atoms with Crippen molar-refractivity contribution in [3.05, 3.63) is 65.2 Å². The van der Waals surface area contributed by atoms with Crippen LogP contribution in [-0.4, -0.2) is 52.0 Å². The predicted octanol–water partition coefficient (Wildman–Crippen LogP) is 5.60.